The number of hydrogen-bond acceptors (Lipinski definition) is 3. The van der Waals surface area contributed by atoms with Crippen molar-refractivity contribution in [2.75, 3.05) is 0 Å². The van der Waals surface area contributed by atoms with Crippen LogP contribution in [0.15, 0.2) is 24.4 Å². The fourth-order valence-electron chi connectivity index (χ4n) is 1.69. The lowest BCUT2D eigenvalue weighted by Crippen LogP contribution is -2.23. The number of nitrogens with one attached hydrogen (secondary N) is 1. The van der Waals surface area contributed by atoms with Crippen LogP contribution >= 0.6 is 0 Å². The zero-order valence-corrected chi connectivity index (χ0v) is 10.6. The molecule has 1 aromatic heterocycles. The maximum atomic E-state index is 12.0. The number of hydrogen-bond donors (Lipinski definition) is 1. The maximum Gasteiger partial charge on any atom is 0.340 e. The Kier molecular flexibility index (Phi) is 2.84. The van der Waals surface area contributed by atoms with Gasteiger partial charge in [0.05, 0.1) is 17.2 Å². The topological polar surface area (TPSA) is 65.9 Å². The Morgan fingerprint density at radius 3 is 2.72 bits per heavy atom. The van der Waals surface area contributed by atoms with E-state index in [1.807, 2.05) is 20.8 Å². The number of aromatic nitrogens is 1. The van der Waals surface area contributed by atoms with Crippen LogP contribution < -0.4 is 0 Å². The van der Waals surface area contributed by atoms with E-state index in [1.54, 1.807) is 24.4 Å². The van der Waals surface area contributed by atoms with Crippen molar-refractivity contribution < 1.29 is 9.53 Å². The minimum atomic E-state index is -0.534. The monoisotopic (exact) mass is 242 g/mol. The van der Waals surface area contributed by atoms with Crippen molar-refractivity contribution in [1.29, 1.82) is 5.26 Å². The van der Waals surface area contributed by atoms with Crippen LogP contribution in [0.3, 0.4) is 0 Å². The summed E-state index contributed by atoms with van der Waals surface area (Å²) >= 11 is 0. The van der Waals surface area contributed by atoms with Crippen molar-refractivity contribution in [3.8, 4) is 6.07 Å². The Bertz CT molecular complexity index is 642. The van der Waals surface area contributed by atoms with E-state index in [0.29, 0.717) is 16.5 Å². The number of nitrogens with zero attached hydrogens (tertiary/aromatic N) is 1. The van der Waals surface area contributed by atoms with Crippen LogP contribution in [-0.2, 0) is 4.74 Å². The summed E-state index contributed by atoms with van der Waals surface area (Å²) in [5, 5.41) is 9.59. The number of esters is 1. The Hall–Kier alpha value is -2.28. The molecule has 92 valence electrons. The Morgan fingerprint density at radius 2 is 2.11 bits per heavy atom. The first-order valence-electron chi connectivity index (χ1n) is 5.65. The number of H-pyrrole nitrogens is 1. The van der Waals surface area contributed by atoms with E-state index in [1.165, 1.54) is 0 Å². The van der Waals surface area contributed by atoms with Gasteiger partial charge in [0, 0.05) is 17.1 Å². The first kappa shape index (κ1) is 12.2. The number of benzene rings is 1. The summed E-state index contributed by atoms with van der Waals surface area (Å²) in [6.45, 7) is 5.46. The fraction of sp³-hybridized carbons (Fsp3) is 0.286. The molecule has 1 aromatic carbocycles. The van der Waals surface area contributed by atoms with Gasteiger partial charge in [-0.1, -0.05) is 0 Å². The van der Waals surface area contributed by atoms with Gasteiger partial charge < -0.3 is 9.72 Å². The number of ether oxygens (including phenoxy) is 1. The Labute approximate surface area is 105 Å². The number of fused-ring (bicyclic) bond motifs is 1. The van der Waals surface area contributed by atoms with Gasteiger partial charge in [-0.2, -0.15) is 5.26 Å². The predicted molar refractivity (Wildman–Crippen MR) is 68.2 cm³/mol. The zero-order valence-electron chi connectivity index (χ0n) is 10.6. The zero-order chi connectivity index (χ0) is 13.3. The summed E-state index contributed by atoms with van der Waals surface area (Å²) in [7, 11) is 0. The van der Waals surface area contributed by atoms with Crippen molar-refractivity contribution in [3.05, 3.63) is 35.5 Å². The van der Waals surface area contributed by atoms with E-state index < -0.39 is 5.60 Å². The summed E-state index contributed by atoms with van der Waals surface area (Å²) < 4.78 is 5.32. The number of aromatic amines is 1. The third kappa shape index (κ3) is 2.35. The van der Waals surface area contributed by atoms with E-state index in [4.69, 9.17) is 10.00 Å². The third-order valence-electron chi connectivity index (χ3n) is 2.43. The molecule has 1 heterocycles. The van der Waals surface area contributed by atoms with Gasteiger partial charge >= 0.3 is 5.97 Å². The van der Waals surface area contributed by atoms with Gasteiger partial charge in [-0.05, 0) is 39.0 Å². The lowest BCUT2D eigenvalue weighted by atomic mass is 10.1. The predicted octanol–water partition coefficient (Wildman–Crippen LogP) is 2.99. The van der Waals surface area contributed by atoms with Gasteiger partial charge in [-0.3, -0.25) is 0 Å². The molecule has 0 aliphatic heterocycles. The van der Waals surface area contributed by atoms with Crippen LogP contribution in [0.1, 0.15) is 36.7 Å². The molecule has 0 fully saturated rings. The van der Waals surface area contributed by atoms with Gasteiger partial charge in [0.25, 0.3) is 0 Å². The minimum absolute atomic E-state index is 0.385. The number of rotatable bonds is 1. The van der Waals surface area contributed by atoms with E-state index in [0.717, 1.165) is 5.52 Å². The SMILES string of the molecule is CC(C)(C)OC(=O)c1c[nH]c2ccc(C#N)cc12. The first-order chi connectivity index (χ1) is 8.40. The molecule has 18 heavy (non-hydrogen) atoms. The molecule has 4 heteroatoms. The Balaban J connectivity index is 2.46. The molecule has 0 bridgehead atoms. The molecule has 0 unspecified atom stereocenters. The maximum absolute atomic E-state index is 12.0. The average molecular weight is 242 g/mol. The van der Waals surface area contributed by atoms with Crippen molar-refractivity contribution >= 4 is 16.9 Å². The van der Waals surface area contributed by atoms with E-state index in [9.17, 15) is 4.79 Å². The highest BCUT2D eigenvalue weighted by atomic mass is 16.6. The van der Waals surface area contributed by atoms with Crippen LogP contribution in [0.25, 0.3) is 10.9 Å². The van der Waals surface area contributed by atoms with Crippen LogP contribution in [0.2, 0.25) is 0 Å². The lowest BCUT2D eigenvalue weighted by molar-refractivity contribution is 0.00719. The van der Waals surface area contributed by atoms with Gasteiger partial charge in [0.1, 0.15) is 5.60 Å². The van der Waals surface area contributed by atoms with Gasteiger partial charge in [-0.25, -0.2) is 4.79 Å². The molecule has 0 radical (unpaired) electrons. The third-order valence-corrected chi connectivity index (χ3v) is 2.43. The van der Waals surface area contributed by atoms with Gasteiger partial charge in [-0.15, -0.1) is 0 Å². The molecule has 1 N–H and O–H groups in total. The molecular weight excluding hydrogens is 228 g/mol. The smallest absolute Gasteiger partial charge is 0.340 e. The molecule has 2 rings (SSSR count). The van der Waals surface area contributed by atoms with Gasteiger partial charge in [0.2, 0.25) is 0 Å². The van der Waals surface area contributed by atoms with Crippen LogP contribution in [-0.4, -0.2) is 16.6 Å². The minimum Gasteiger partial charge on any atom is -0.456 e. The highest BCUT2D eigenvalue weighted by molar-refractivity contribution is 6.04. The second-order valence-electron chi connectivity index (χ2n) is 5.08. The number of carbonyl (C=O) groups excluding carboxylic acids is 1. The van der Waals surface area contributed by atoms with E-state index in [-0.39, 0.29) is 5.97 Å². The molecule has 0 saturated heterocycles. The van der Waals surface area contributed by atoms with Crippen molar-refractivity contribution in [3.63, 3.8) is 0 Å². The largest absolute Gasteiger partial charge is 0.456 e. The standard InChI is InChI=1S/C14H14N2O2/c1-14(2,3)18-13(17)11-8-16-12-5-4-9(7-15)6-10(11)12/h4-6,8,16H,1-3H3. The molecule has 4 nitrogen and oxygen atoms in total. The lowest BCUT2D eigenvalue weighted by Gasteiger charge is -2.19. The molecule has 0 aliphatic rings. The number of carbonyl (C=O) groups is 1. The normalized spacial score (nSPS) is 11.2. The molecule has 0 amide bonds. The summed E-state index contributed by atoms with van der Waals surface area (Å²) in [6.07, 6.45) is 1.61. The van der Waals surface area contributed by atoms with Crippen LogP contribution in [0.5, 0.6) is 0 Å². The second-order valence-corrected chi connectivity index (χ2v) is 5.08. The molecule has 0 saturated carbocycles. The van der Waals surface area contributed by atoms with Crippen LogP contribution in [0.4, 0.5) is 0 Å². The number of nitriles is 1. The highest BCUT2D eigenvalue weighted by Crippen LogP contribution is 2.22. The molecular formula is C14H14N2O2. The van der Waals surface area contributed by atoms with Crippen molar-refractivity contribution in [1.82, 2.24) is 4.98 Å². The van der Waals surface area contributed by atoms with Crippen molar-refractivity contribution in [2.45, 2.75) is 26.4 Å². The summed E-state index contributed by atoms with van der Waals surface area (Å²) in [5.74, 6) is -0.385. The fourth-order valence-corrected chi connectivity index (χ4v) is 1.69. The van der Waals surface area contributed by atoms with E-state index >= 15 is 0 Å². The van der Waals surface area contributed by atoms with Crippen molar-refractivity contribution in [2.24, 2.45) is 0 Å². The summed E-state index contributed by atoms with van der Waals surface area (Å²) in [6, 6.07) is 7.23. The Morgan fingerprint density at radius 1 is 1.39 bits per heavy atom. The molecule has 0 aliphatic carbocycles. The first-order valence-corrected chi connectivity index (χ1v) is 5.65. The molecule has 0 spiro atoms. The summed E-state index contributed by atoms with van der Waals surface area (Å²) in [4.78, 5) is 15.0. The highest BCUT2D eigenvalue weighted by Gasteiger charge is 2.20. The van der Waals surface area contributed by atoms with Crippen LogP contribution in [0, 0.1) is 11.3 Å². The molecule has 0 atom stereocenters. The second kappa shape index (κ2) is 4.19. The molecule has 2 aromatic rings. The van der Waals surface area contributed by atoms with E-state index in [2.05, 4.69) is 11.1 Å². The van der Waals surface area contributed by atoms with Gasteiger partial charge in [0.15, 0.2) is 0 Å². The summed E-state index contributed by atoms with van der Waals surface area (Å²) in [5.41, 5.74) is 1.26. The quantitative estimate of drug-likeness (QED) is 0.782. The average Bonchev–Trinajstić information content (AvgIpc) is 2.69.